The van der Waals surface area contributed by atoms with E-state index in [4.69, 9.17) is 0 Å². The molecular weight excluding hydrogens is 308 g/mol. The predicted octanol–water partition coefficient (Wildman–Crippen LogP) is 2.17. The molecule has 1 heterocycles. The first kappa shape index (κ1) is 16.0. The zero-order chi connectivity index (χ0) is 17.3. The Labute approximate surface area is 139 Å². The molecule has 1 aliphatic heterocycles. The highest BCUT2D eigenvalue weighted by molar-refractivity contribution is 6.07. The second kappa shape index (κ2) is 5.96. The first-order valence-corrected chi connectivity index (χ1v) is 7.66. The molecule has 0 aromatic heterocycles. The van der Waals surface area contributed by atoms with Crippen molar-refractivity contribution in [3.8, 4) is 0 Å². The maximum atomic E-state index is 12.8. The number of nitrogens with one attached hydrogen (secondary N) is 1. The number of benzene rings is 2. The standard InChI is InChI=1S/C18H18N2O4/c1-18(14-8-7-12-5-3-4-6-13(12)11-14)16(22)20(17(23)19-18)10-9-15(21)24-2/h3-8,11H,9-10H2,1-2H3,(H,19,23)/t18-/m1/s1. The van der Waals surface area contributed by atoms with E-state index in [-0.39, 0.29) is 18.9 Å². The van der Waals surface area contributed by atoms with Gasteiger partial charge in [-0.25, -0.2) is 4.79 Å². The Bertz CT molecular complexity index is 833. The van der Waals surface area contributed by atoms with E-state index in [1.54, 1.807) is 6.92 Å². The number of fused-ring (bicyclic) bond motifs is 1. The summed E-state index contributed by atoms with van der Waals surface area (Å²) < 4.78 is 4.56. The van der Waals surface area contributed by atoms with Crippen LogP contribution in [0.3, 0.4) is 0 Å². The van der Waals surface area contributed by atoms with Gasteiger partial charge in [-0.15, -0.1) is 0 Å². The summed E-state index contributed by atoms with van der Waals surface area (Å²) in [6, 6.07) is 13.0. The molecule has 0 unspecified atom stereocenters. The molecule has 1 aliphatic rings. The maximum Gasteiger partial charge on any atom is 0.325 e. The third-order valence-corrected chi connectivity index (χ3v) is 4.37. The number of nitrogens with zero attached hydrogens (tertiary/aromatic N) is 1. The van der Waals surface area contributed by atoms with E-state index in [9.17, 15) is 14.4 Å². The minimum absolute atomic E-state index is 0.000507. The maximum absolute atomic E-state index is 12.8. The molecule has 2 aromatic carbocycles. The van der Waals surface area contributed by atoms with E-state index >= 15 is 0 Å². The highest BCUT2D eigenvalue weighted by Crippen LogP contribution is 2.31. The minimum Gasteiger partial charge on any atom is -0.469 e. The fourth-order valence-corrected chi connectivity index (χ4v) is 2.90. The van der Waals surface area contributed by atoms with Crippen LogP contribution in [0.15, 0.2) is 42.5 Å². The summed E-state index contributed by atoms with van der Waals surface area (Å²) in [6.45, 7) is 1.68. The minimum atomic E-state index is -1.14. The monoisotopic (exact) mass is 326 g/mol. The molecule has 24 heavy (non-hydrogen) atoms. The molecule has 0 saturated carbocycles. The van der Waals surface area contributed by atoms with Gasteiger partial charge >= 0.3 is 12.0 Å². The van der Waals surface area contributed by atoms with Crippen molar-refractivity contribution in [3.05, 3.63) is 48.0 Å². The fraction of sp³-hybridized carbons (Fsp3) is 0.278. The second-order valence-corrected chi connectivity index (χ2v) is 5.90. The number of hydrogen-bond acceptors (Lipinski definition) is 4. The van der Waals surface area contributed by atoms with Crippen LogP contribution in [-0.2, 0) is 19.9 Å². The van der Waals surface area contributed by atoms with Crippen LogP contribution in [0.5, 0.6) is 0 Å². The van der Waals surface area contributed by atoms with E-state index in [1.807, 2.05) is 42.5 Å². The van der Waals surface area contributed by atoms with Crippen LogP contribution >= 0.6 is 0 Å². The van der Waals surface area contributed by atoms with Gasteiger partial charge in [0.05, 0.1) is 13.5 Å². The third-order valence-electron chi connectivity index (χ3n) is 4.37. The number of ether oxygens (including phenoxy) is 1. The van der Waals surface area contributed by atoms with Crippen molar-refractivity contribution in [2.24, 2.45) is 0 Å². The van der Waals surface area contributed by atoms with Crippen molar-refractivity contribution in [1.82, 2.24) is 10.2 Å². The van der Waals surface area contributed by atoms with Crippen LogP contribution in [0.25, 0.3) is 10.8 Å². The van der Waals surface area contributed by atoms with Crippen molar-refractivity contribution >= 4 is 28.7 Å². The molecular formula is C18H18N2O4. The molecule has 6 heteroatoms. The lowest BCUT2D eigenvalue weighted by atomic mass is 9.90. The zero-order valence-electron chi connectivity index (χ0n) is 13.5. The Balaban J connectivity index is 1.90. The highest BCUT2D eigenvalue weighted by Gasteiger charge is 2.48. The Kier molecular flexibility index (Phi) is 3.97. The van der Waals surface area contributed by atoms with E-state index in [0.717, 1.165) is 15.7 Å². The van der Waals surface area contributed by atoms with E-state index < -0.39 is 17.5 Å². The number of urea groups is 1. The van der Waals surface area contributed by atoms with Gasteiger partial charge in [-0.05, 0) is 29.3 Å². The van der Waals surface area contributed by atoms with Crippen molar-refractivity contribution in [1.29, 1.82) is 0 Å². The first-order chi connectivity index (χ1) is 11.5. The Hall–Kier alpha value is -2.89. The second-order valence-electron chi connectivity index (χ2n) is 5.90. The quantitative estimate of drug-likeness (QED) is 0.690. The molecule has 6 nitrogen and oxygen atoms in total. The Morgan fingerprint density at radius 2 is 1.88 bits per heavy atom. The number of carbonyl (C=O) groups is 3. The molecule has 3 amide bonds. The smallest absolute Gasteiger partial charge is 0.325 e. The summed E-state index contributed by atoms with van der Waals surface area (Å²) in [5.74, 6) is -0.832. The van der Waals surface area contributed by atoms with Crippen LogP contribution < -0.4 is 5.32 Å². The van der Waals surface area contributed by atoms with Crippen LogP contribution in [-0.4, -0.2) is 36.5 Å². The van der Waals surface area contributed by atoms with Crippen molar-refractivity contribution < 1.29 is 19.1 Å². The molecule has 0 aliphatic carbocycles. The lowest BCUT2D eigenvalue weighted by Crippen LogP contribution is -2.41. The van der Waals surface area contributed by atoms with Crippen molar-refractivity contribution in [3.63, 3.8) is 0 Å². The van der Waals surface area contributed by atoms with Gasteiger partial charge < -0.3 is 10.1 Å². The lowest BCUT2D eigenvalue weighted by molar-refractivity contribution is -0.141. The summed E-state index contributed by atoms with van der Waals surface area (Å²) in [4.78, 5) is 37.3. The van der Waals surface area contributed by atoms with Crippen LogP contribution in [0.1, 0.15) is 18.9 Å². The number of methoxy groups -OCH3 is 1. The molecule has 2 aromatic rings. The van der Waals surface area contributed by atoms with Gasteiger partial charge in [-0.1, -0.05) is 36.4 Å². The molecule has 1 fully saturated rings. The molecule has 0 spiro atoms. The molecule has 3 rings (SSSR count). The van der Waals surface area contributed by atoms with Gasteiger partial charge in [0.25, 0.3) is 5.91 Å². The Morgan fingerprint density at radius 3 is 2.58 bits per heavy atom. The molecule has 0 radical (unpaired) electrons. The summed E-state index contributed by atoms with van der Waals surface area (Å²) >= 11 is 0. The van der Waals surface area contributed by atoms with Crippen LogP contribution in [0.4, 0.5) is 4.79 Å². The van der Waals surface area contributed by atoms with Crippen molar-refractivity contribution in [2.75, 3.05) is 13.7 Å². The van der Waals surface area contributed by atoms with Crippen molar-refractivity contribution in [2.45, 2.75) is 18.9 Å². The topological polar surface area (TPSA) is 75.7 Å². The number of hydrogen-bond donors (Lipinski definition) is 1. The number of amides is 3. The van der Waals surface area contributed by atoms with Gasteiger partial charge in [-0.2, -0.15) is 0 Å². The highest BCUT2D eigenvalue weighted by atomic mass is 16.5. The lowest BCUT2D eigenvalue weighted by Gasteiger charge is -2.22. The number of rotatable bonds is 4. The van der Waals surface area contributed by atoms with E-state index in [1.165, 1.54) is 7.11 Å². The van der Waals surface area contributed by atoms with Gasteiger partial charge in [-0.3, -0.25) is 14.5 Å². The number of carbonyl (C=O) groups excluding carboxylic acids is 3. The van der Waals surface area contributed by atoms with Crippen LogP contribution in [0.2, 0.25) is 0 Å². The van der Waals surface area contributed by atoms with Gasteiger partial charge in [0.1, 0.15) is 5.54 Å². The zero-order valence-corrected chi connectivity index (χ0v) is 13.5. The Morgan fingerprint density at radius 1 is 1.17 bits per heavy atom. The summed E-state index contributed by atoms with van der Waals surface area (Å²) in [5.41, 5.74) is -0.433. The number of esters is 1. The van der Waals surface area contributed by atoms with E-state index in [0.29, 0.717) is 5.56 Å². The number of imide groups is 1. The molecule has 1 N–H and O–H groups in total. The molecule has 1 atom stereocenters. The molecule has 124 valence electrons. The summed E-state index contributed by atoms with van der Waals surface area (Å²) in [6.07, 6.45) is -0.0243. The average Bonchev–Trinajstić information content (AvgIpc) is 2.82. The largest absolute Gasteiger partial charge is 0.469 e. The van der Waals surface area contributed by atoms with Gasteiger partial charge in [0.2, 0.25) is 0 Å². The van der Waals surface area contributed by atoms with Gasteiger partial charge in [0.15, 0.2) is 0 Å². The molecule has 1 saturated heterocycles. The summed E-state index contributed by atoms with van der Waals surface area (Å²) in [5, 5.41) is 4.79. The SMILES string of the molecule is COC(=O)CCN1C(=O)N[C@](C)(c2ccc3ccccc3c2)C1=O. The van der Waals surface area contributed by atoms with Crippen LogP contribution in [0, 0.1) is 0 Å². The average molecular weight is 326 g/mol. The molecule has 0 bridgehead atoms. The summed E-state index contributed by atoms with van der Waals surface area (Å²) in [7, 11) is 1.27. The third kappa shape index (κ3) is 2.60. The predicted molar refractivity (Wildman–Crippen MR) is 88.2 cm³/mol. The first-order valence-electron chi connectivity index (χ1n) is 7.66. The van der Waals surface area contributed by atoms with E-state index in [2.05, 4.69) is 10.1 Å². The fourth-order valence-electron chi connectivity index (χ4n) is 2.90. The van der Waals surface area contributed by atoms with Gasteiger partial charge in [0, 0.05) is 6.54 Å². The normalized spacial score (nSPS) is 20.3.